The van der Waals surface area contributed by atoms with Crippen LogP contribution in [0.4, 0.5) is 4.79 Å². The highest BCUT2D eigenvalue weighted by atomic mass is 32.2. The third kappa shape index (κ3) is 5.23. The van der Waals surface area contributed by atoms with Gasteiger partial charge in [-0.2, -0.15) is 11.8 Å². The van der Waals surface area contributed by atoms with Crippen molar-refractivity contribution in [2.75, 3.05) is 11.5 Å². The number of carbonyl (C=O) groups is 2. The molecule has 1 unspecified atom stereocenters. The zero-order valence-electron chi connectivity index (χ0n) is 12.4. The van der Waals surface area contributed by atoms with Crippen LogP contribution in [-0.4, -0.2) is 40.2 Å². The summed E-state index contributed by atoms with van der Waals surface area (Å²) >= 11 is 1.84. The Kier molecular flexibility index (Phi) is 7.19. The molecule has 20 heavy (non-hydrogen) atoms. The zero-order chi connectivity index (χ0) is 15.0. The van der Waals surface area contributed by atoms with Gasteiger partial charge < -0.3 is 15.7 Å². The Hall–Kier alpha value is -0.910. The van der Waals surface area contributed by atoms with Crippen LogP contribution in [0.25, 0.3) is 0 Å². The predicted octanol–water partition coefficient (Wildman–Crippen LogP) is 2.60. The number of thioether (sulfide) groups is 1. The number of nitrogens with one attached hydrogen (secondary N) is 2. The fourth-order valence-corrected chi connectivity index (χ4v) is 3.31. The van der Waals surface area contributed by atoms with E-state index in [9.17, 15) is 14.7 Å². The number of hydrogen-bond acceptors (Lipinski definition) is 3. The average molecular weight is 302 g/mol. The van der Waals surface area contributed by atoms with Gasteiger partial charge in [-0.1, -0.05) is 26.2 Å². The molecule has 116 valence electrons. The van der Waals surface area contributed by atoms with E-state index in [2.05, 4.69) is 17.6 Å². The lowest BCUT2D eigenvalue weighted by atomic mass is 9.82. The number of urea groups is 1. The third-order valence-electron chi connectivity index (χ3n) is 3.75. The summed E-state index contributed by atoms with van der Waals surface area (Å²) in [5.74, 6) is 1.16. The van der Waals surface area contributed by atoms with E-state index in [1.807, 2.05) is 18.7 Å². The minimum absolute atomic E-state index is 0.0588. The van der Waals surface area contributed by atoms with Gasteiger partial charge >= 0.3 is 12.0 Å². The van der Waals surface area contributed by atoms with Crippen molar-refractivity contribution in [3.05, 3.63) is 0 Å². The first kappa shape index (κ1) is 17.1. The van der Waals surface area contributed by atoms with Crippen LogP contribution >= 0.6 is 11.8 Å². The molecule has 1 atom stereocenters. The third-order valence-corrected chi connectivity index (χ3v) is 4.68. The molecule has 0 aromatic carbocycles. The molecule has 3 N–H and O–H groups in total. The molecule has 0 spiro atoms. The van der Waals surface area contributed by atoms with Gasteiger partial charge in [0, 0.05) is 6.04 Å². The van der Waals surface area contributed by atoms with Crippen molar-refractivity contribution in [3.63, 3.8) is 0 Å². The van der Waals surface area contributed by atoms with Gasteiger partial charge in [-0.3, -0.25) is 0 Å². The van der Waals surface area contributed by atoms with E-state index >= 15 is 0 Å². The lowest BCUT2D eigenvalue weighted by Crippen LogP contribution is -2.59. The van der Waals surface area contributed by atoms with Crippen LogP contribution in [0, 0.1) is 0 Å². The summed E-state index contributed by atoms with van der Waals surface area (Å²) in [6.45, 7) is 4.05. The lowest BCUT2D eigenvalue weighted by molar-refractivity contribution is -0.145. The molecule has 1 fully saturated rings. The van der Waals surface area contributed by atoms with Gasteiger partial charge in [-0.25, -0.2) is 9.59 Å². The van der Waals surface area contributed by atoms with Crippen molar-refractivity contribution >= 4 is 23.8 Å². The highest BCUT2D eigenvalue weighted by Crippen LogP contribution is 2.28. The van der Waals surface area contributed by atoms with E-state index in [0.717, 1.165) is 37.2 Å². The van der Waals surface area contributed by atoms with Crippen LogP contribution in [-0.2, 0) is 4.79 Å². The predicted molar refractivity (Wildman–Crippen MR) is 82.2 cm³/mol. The molecule has 2 amide bonds. The second kappa shape index (κ2) is 8.39. The van der Waals surface area contributed by atoms with E-state index in [0.29, 0.717) is 12.8 Å². The van der Waals surface area contributed by atoms with Crippen LogP contribution < -0.4 is 10.6 Å². The Morgan fingerprint density at radius 3 is 2.50 bits per heavy atom. The standard InChI is InChI=1S/C14H26N2O3S/c1-3-20-10-7-11(2)15-13(19)16-14(12(17)18)8-5-4-6-9-14/h11H,3-10H2,1-2H3,(H,17,18)(H2,15,16,19). The number of carboxylic acids is 1. The smallest absolute Gasteiger partial charge is 0.329 e. The van der Waals surface area contributed by atoms with E-state index in [1.54, 1.807) is 0 Å². The normalized spacial score (nSPS) is 19.1. The molecule has 0 aliphatic heterocycles. The Labute approximate surface area is 125 Å². The topological polar surface area (TPSA) is 78.4 Å². The Morgan fingerprint density at radius 2 is 1.95 bits per heavy atom. The molecule has 1 rings (SSSR count). The van der Waals surface area contributed by atoms with Crippen molar-refractivity contribution in [2.45, 2.75) is 64.0 Å². The van der Waals surface area contributed by atoms with E-state index in [1.165, 1.54) is 0 Å². The summed E-state index contributed by atoms with van der Waals surface area (Å²) in [5.41, 5.74) is -1.07. The monoisotopic (exact) mass is 302 g/mol. The Morgan fingerprint density at radius 1 is 1.30 bits per heavy atom. The van der Waals surface area contributed by atoms with E-state index in [-0.39, 0.29) is 12.1 Å². The average Bonchev–Trinajstić information content (AvgIpc) is 2.39. The lowest BCUT2D eigenvalue weighted by Gasteiger charge is -2.34. The van der Waals surface area contributed by atoms with Crippen LogP contribution in [0.15, 0.2) is 0 Å². The van der Waals surface area contributed by atoms with Gasteiger partial charge in [0.1, 0.15) is 5.54 Å². The van der Waals surface area contributed by atoms with Crippen molar-refractivity contribution < 1.29 is 14.7 Å². The second-order valence-corrected chi connectivity index (χ2v) is 6.83. The first-order valence-corrected chi connectivity index (χ1v) is 8.55. The SMILES string of the molecule is CCSCCC(C)NC(=O)NC1(C(=O)O)CCCCC1. The first-order valence-electron chi connectivity index (χ1n) is 7.40. The molecular weight excluding hydrogens is 276 g/mol. The molecule has 6 heteroatoms. The molecule has 0 saturated heterocycles. The zero-order valence-corrected chi connectivity index (χ0v) is 13.2. The van der Waals surface area contributed by atoms with Crippen LogP contribution in [0.1, 0.15) is 52.4 Å². The maximum Gasteiger partial charge on any atom is 0.329 e. The molecule has 1 aliphatic rings. The molecule has 0 aromatic rings. The van der Waals surface area contributed by atoms with Gasteiger partial charge in [0.25, 0.3) is 0 Å². The fraction of sp³-hybridized carbons (Fsp3) is 0.857. The fourth-order valence-electron chi connectivity index (χ4n) is 2.50. The van der Waals surface area contributed by atoms with Crippen molar-refractivity contribution in [3.8, 4) is 0 Å². The molecule has 0 bridgehead atoms. The van der Waals surface area contributed by atoms with Crippen molar-refractivity contribution in [1.82, 2.24) is 10.6 Å². The Balaban J connectivity index is 2.44. The number of carboxylic acid groups (broad SMARTS) is 1. The van der Waals surface area contributed by atoms with Crippen molar-refractivity contribution in [2.24, 2.45) is 0 Å². The van der Waals surface area contributed by atoms with E-state index in [4.69, 9.17) is 0 Å². The van der Waals surface area contributed by atoms with Crippen molar-refractivity contribution in [1.29, 1.82) is 0 Å². The summed E-state index contributed by atoms with van der Waals surface area (Å²) < 4.78 is 0. The number of carbonyl (C=O) groups excluding carboxylic acids is 1. The maximum absolute atomic E-state index is 12.0. The Bertz CT molecular complexity index is 330. The molecule has 0 radical (unpaired) electrons. The summed E-state index contributed by atoms with van der Waals surface area (Å²) in [7, 11) is 0. The molecule has 1 saturated carbocycles. The van der Waals surface area contributed by atoms with Gasteiger partial charge in [-0.15, -0.1) is 0 Å². The number of amides is 2. The molecule has 1 aliphatic carbocycles. The van der Waals surface area contributed by atoms with E-state index < -0.39 is 11.5 Å². The summed E-state index contributed by atoms with van der Waals surface area (Å²) in [6.07, 6.45) is 4.70. The minimum atomic E-state index is -1.07. The van der Waals surface area contributed by atoms with Gasteiger partial charge in [-0.05, 0) is 37.7 Å². The van der Waals surface area contributed by atoms with Crippen LogP contribution in [0.5, 0.6) is 0 Å². The van der Waals surface area contributed by atoms with Gasteiger partial charge in [0.15, 0.2) is 0 Å². The van der Waals surface area contributed by atoms with Crippen LogP contribution in [0.2, 0.25) is 0 Å². The van der Waals surface area contributed by atoms with Gasteiger partial charge in [0.05, 0.1) is 0 Å². The summed E-state index contributed by atoms with van der Waals surface area (Å²) in [6, 6.07) is -0.299. The number of aliphatic carboxylic acids is 1. The number of rotatable bonds is 7. The first-order chi connectivity index (χ1) is 9.50. The van der Waals surface area contributed by atoms with Gasteiger partial charge in [0.2, 0.25) is 0 Å². The second-order valence-electron chi connectivity index (χ2n) is 5.43. The quantitative estimate of drug-likeness (QED) is 0.632. The summed E-state index contributed by atoms with van der Waals surface area (Å²) in [5, 5.41) is 14.9. The molecular formula is C14H26N2O3S. The maximum atomic E-state index is 12.0. The minimum Gasteiger partial charge on any atom is -0.480 e. The largest absolute Gasteiger partial charge is 0.480 e. The highest BCUT2D eigenvalue weighted by molar-refractivity contribution is 7.99. The highest BCUT2D eigenvalue weighted by Gasteiger charge is 2.41. The summed E-state index contributed by atoms with van der Waals surface area (Å²) in [4.78, 5) is 23.4. The number of hydrogen-bond donors (Lipinski definition) is 3. The van der Waals surface area contributed by atoms with Crippen LogP contribution in [0.3, 0.4) is 0 Å². The molecule has 0 aromatic heterocycles. The molecule has 0 heterocycles. The molecule has 5 nitrogen and oxygen atoms in total.